The largest absolute Gasteiger partial charge is 0.396 e. The summed E-state index contributed by atoms with van der Waals surface area (Å²) in [6.07, 6.45) is 4.59. The molecule has 0 saturated carbocycles. The molecule has 0 aromatic carbocycles. The molecule has 3 heteroatoms. The lowest BCUT2D eigenvalue weighted by Crippen LogP contribution is -2.45. The van der Waals surface area contributed by atoms with Gasteiger partial charge in [-0.05, 0) is 37.5 Å². The first-order chi connectivity index (χ1) is 7.52. The number of aliphatic hydroxyl groups is 1. The van der Waals surface area contributed by atoms with Gasteiger partial charge >= 0.3 is 0 Å². The second kappa shape index (κ2) is 5.25. The van der Waals surface area contributed by atoms with Crippen LogP contribution in [0.1, 0.15) is 40.0 Å². The summed E-state index contributed by atoms with van der Waals surface area (Å²) in [6.45, 7) is 6.58. The predicted octanol–water partition coefficient (Wildman–Crippen LogP) is 3.33. The quantitative estimate of drug-likeness (QED) is 0.800. The van der Waals surface area contributed by atoms with E-state index in [4.69, 9.17) is 5.11 Å². The first-order valence-electron chi connectivity index (χ1n) is 5.87. The maximum absolute atomic E-state index is 9.63. The van der Waals surface area contributed by atoms with E-state index in [2.05, 4.69) is 38.3 Å². The Morgan fingerprint density at radius 1 is 1.62 bits per heavy atom. The van der Waals surface area contributed by atoms with Crippen molar-refractivity contribution in [2.24, 2.45) is 11.3 Å². The van der Waals surface area contributed by atoms with Crippen molar-refractivity contribution in [1.29, 1.82) is 5.26 Å². The fraction of sp³-hybridized carbons (Fsp3) is 0.769. The van der Waals surface area contributed by atoms with Gasteiger partial charge in [0.1, 0.15) is 0 Å². The molecule has 2 nitrogen and oxygen atoms in total. The molecular weight excluding hydrogens is 218 g/mol. The van der Waals surface area contributed by atoms with Crippen LogP contribution in [0.25, 0.3) is 0 Å². The maximum atomic E-state index is 9.63. The van der Waals surface area contributed by atoms with Gasteiger partial charge in [-0.25, -0.2) is 0 Å². The molecule has 0 aliphatic carbocycles. The van der Waals surface area contributed by atoms with Crippen LogP contribution in [0.15, 0.2) is 11.5 Å². The molecule has 0 saturated heterocycles. The van der Waals surface area contributed by atoms with E-state index in [0.717, 1.165) is 12.8 Å². The predicted molar refractivity (Wildman–Crippen MR) is 69.0 cm³/mol. The Balaban J connectivity index is 2.98. The third-order valence-electron chi connectivity index (χ3n) is 3.79. The van der Waals surface area contributed by atoms with E-state index in [1.807, 2.05) is 0 Å². The molecule has 1 aliphatic rings. The average Bonchev–Trinajstić information content (AvgIpc) is 2.67. The van der Waals surface area contributed by atoms with Gasteiger partial charge in [0.2, 0.25) is 0 Å². The minimum atomic E-state index is -0.343. The highest BCUT2D eigenvalue weighted by atomic mass is 32.2. The highest BCUT2D eigenvalue weighted by Gasteiger charge is 2.51. The van der Waals surface area contributed by atoms with Crippen LogP contribution in [0.5, 0.6) is 0 Å². The highest BCUT2D eigenvalue weighted by molar-refractivity contribution is 8.03. The summed E-state index contributed by atoms with van der Waals surface area (Å²) in [4.78, 5) is 0. The summed E-state index contributed by atoms with van der Waals surface area (Å²) in [6, 6.07) is 2.56. The van der Waals surface area contributed by atoms with Crippen molar-refractivity contribution in [2.75, 3.05) is 6.61 Å². The van der Waals surface area contributed by atoms with E-state index in [1.165, 1.54) is 0 Å². The van der Waals surface area contributed by atoms with Gasteiger partial charge < -0.3 is 5.11 Å². The van der Waals surface area contributed by atoms with E-state index in [0.29, 0.717) is 12.3 Å². The normalized spacial score (nSPS) is 28.0. The first kappa shape index (κ1) is 13.6. The van der Waals surface area contributed by atoms with Crippen LogP contribution < -0.4 is 0 Å². The minimum Gasteiger partial charge on any atom is -0.396 e. The molecule has 90 valence electrons. The van der Waals surface area contributed by atoms with Gasteiger partial charge in [-0.2, -0.15) is 5.26 Å². The van der Waals surface area contributed by atoms with Crippen LogP contribution >= 0.6 is 11.8 Å². The molecule has 0 amide bonds. The fourth-order valence-electron chi connectivity index (χ4n) is 2.63. The topological polar surface area (TPSA) is 44.0 Å². The monoisotopic (exact) mass is 239 g/mol. The van der Waals surface area contributed by atoms with Crippen molar-refractivity contribution in [3.8, 4) is 6.07 Å². The molecule has 16 heavy (non-hydrogen) atoms. The average molecular weight is 239 g/mol. The van der Waals surface area contributed by atoms with Gasteiger partial charge in [0, 0.05) is 11.4 Å². The van der Waals surface area contributed by atoms with Crippen molar-refractivity contribution in [1.82, 2.24) is 0 Å². The zero-order valence-electron chi connectivity index (χ0n) is 10.4. The number of thioether (sulfide) groups is 1. The zero-order valence-corrected chi connectivity index (χ0v) is 11.2. The summed E-state index contributed by atoms with van der Waals surface area (Å²) in [5.74, 6) is 0.307. The summed E-state index contributed by atoms with van der Waals surface area (Å²) < 4.78 is -0.0366. The van der Waals surface area contributed by atoms with Crippen LogP contribution in [0, 0.1) is 22.7 Å². The van der Waals surface area contributed by atoms with Gasteiger partial charge in [-0.1, -0.05) is 19.9 Å². The summed E-state index contributed by atoms with van der Waals surface area (Å²) in [5, 5.41) is 20.7. The molecule has 0 bridgehead atoms. The summed E-state index contributed by atoms with van der Waals surface area (Å²) >= 11 is 1.77. The lowest BCUT2D eigenvalue weighted by atomic mass is 9.65. The Morgan fingerprint density at radius 2 is 2.31 bits per heavy atom. The smallest absolute Gasteiger partial charge is 0.0747 e. The van der Waals surface area contributed by atoms with Gasteiger partial charge in [-0.3, -0.25) is 0 Å². The first-order valence-corrected chi connectivity index (χ1v) is 6.75. The third kappa shape index (κ3) is 2.14. The minimum absolute atomic E-state index is 0.0366. The number of allylic oxidation sites excluding steroid dienone is 1. The molecule has 0 aromatic rings. The molecule has 0 spiro atoms. The summed E-state index contributed by atoms with van der Waals surface area (Å²) in [7, 11) is 0. The van der Waals surface area contributed by atoms with E-state index in [1.54, 1.807) is 11.8 Å². The Hall–Kier alpha value is -0.460. The third-order valence-corrected chi connectivity index (χ3v) is 5.17. The Labute approximate surface area is 103 Å². The number of hydrogen-bond acceptors (Lipinski definition) is 3. The molecule has 0 aromatic heterocycles. The Kier molecular flexibility index (Phi) is 4.46. The van der Waals surface area contributed by atoms with Crippen LogP contribution in [0.4, 0.5) is 0 Å². The van der Waals surface area contributed by atoms with E-state index >= 15 is 0 Å². The van der Waals surface area contributed by atoms with Crippen LogP contribution in [0.2, 0.25) is 0 Å². The van der Waals surface area contributed by atoms with E-state index in [9.17, 15) is 5.26 Å². The zero-order chi connectivity index (χ0) is 12.2. The number of hydrogen-bond donors (Lipinski definition) is 1. The Morgan fingerprint density at radius 3 is 2.69 bits per heavy atom. The standard InChI is InChI=1S/C13H21NOS/c1-11(2)13(10-14,7-4-8-15)12(3)6-5-9-16-12/h5,9,11,15H,4,6-8H2,1-3H3. The van der Waals surface area contributed by atoms with Gasteiger partial charge in [-0.15, -0.1) is 11.8 Å². The summed E-state index contributed by atoms with van der Waals surface area (Å²) in [5.41, 5.74) is -0.343. The van der Waals surface area contributed by atoms with Gasteiger partial charge in [0.15, 0.2) is 0 Å². The molecule has 1 aliphatic heterocycles. The second-order valence-corrected chi connectivity index (χ2v) is 6.40. The van der Waals surface area contributed by atoms with Crippen molar-refractivity contribution >= 4 is 11.8 Å². The lowest BCUT2D eigenvalue weighted by Gasteiger charge is -2.44. The molecule has 2 unspecified atom stereocenters. The van der Waals surface area contributed by atoms with Crippen molar-refractivity contribution < 1.29 is 5.11 Å². The molecular formula is C13H21NOS. The molecule has 1 heterocycles. The van der Waals surface area contributed by atoms with Crippen molar-refractivity contribution in [2.45, 2.75) is 44.8 Å². The SMILES string of the molecule is CC(C)C(C#N)(CCCO)C1(C)CC=CS1. The van der Waals surface area contributed by atoms with Crippen LogP contribution in [0.3, 0.4) is 0 Å². The van der Waals surface area contributed by atoms with Crippen LogP contribution in [-0.4, -0.2) is 16.5 Å². The van der Waals surface area contributed by atoms with Gasteiger partial charge in [0.25, 0.3) is 0 Å². The molecule has 0 radical (unpaired) electrons. The molecule has 1 N–H and O–H groups in total. The number of rotatable bonds is 5. The Bertz CT molecular complexity index is 298. The number of nitriles is 1. The number of aliphatic hydroxyl groups excluding tert-OH is 1. The van der Waals surface area contributed by atoms with Crippen molar-refractivity contribution in [3.63, 3.8) is 0 Å². The number of nitrogens with zero attached hydrogens (tertiary/aromatic N) is 1. The van der Waals surface area contributed by atoms with Crippen LogP contribution in [-0.2, 0) is 0 Å². The molecule has 1 rings (SSSR count). The van der Waals surface area contributed by atoms with Crippen molar-refractivity contribution in [3.05, 3.63) is 11.5 Å². The van der Waals surface area contributed by atoms with Gasteiger partial charge in [0.05, 0.1) is 11.5 Å². The lowest BCUT2D eigenvalue weighted by molar-refractivity contribution is 0.166. The molecule has 2 atom stereocenters. The van der Waals surface area contributed by atoms with E-state index < -0.39 is 0 Å². The molecule has 0 fully saturated rings. The fourth-order valence-corrected chi connectivity index (χ4v) is 3.91. The van der Waals surface area contributed by atoms with E-state index in [-0.39, 0.29) is 16.8 Å². The second-order valence-electron chi connectivity index (χ2n) is 4.99. The highest BCUT2D eigenvalue weighted by Crippen LogP contribution is 2.54. The maximum Gasteiger partial charge on any atom is 0.0747 e.